The molecule has 78 valence electrons. The summed E-state index contributed by atoms with van der Waals surface area (Å²) in [6.07, 6.45) is 3.37. The zero-order valence-corrected chi connectivity index (χ0v) is 9.17. The van der Waals surface area contributed by atoms with Gasteiger partial charge in [-0.15, -0.1) is 0 Å². The van der Waals surface area contributed by atoms with Gasteiger partial charge in [0, 0.05) is 18.5 Å². The van der Waals surface area contributed by atoms with Crippen LogP contribution in [-0.4, -0.2) is 29.4 Å². The molecule has 1 heterocycles. The number of rotatable bonds is 4. The van der Waals surface area contributed by atoms with E-state index in [9.17, 15) is 4.79 Å². The third kappa shape index (κ3) is 3.60. The van der Waals surface area contributed by atoms with E-state index in [0.717, 1.165) is 5.75 Å². The molecule has 0 saturated heterocycles. The lowest BCUT2D eigenvalue weighted by atomic mass is 10.2. The van der Waals surface area contributed by atoms with Crippen molar-refractivity contribution in [1.29, 1.82) is 5.26 Å². The van der Waals surface area contributed by atoms with Crippen LogP contribution in [0.5, 0.6) is 0 Å². The number of carbonyl (C=O) groups excluding carboxylic acids is 1. The number of thioether (sulfide) groups is 1. The first-order valence-electron chi connectivity index (χ1n) is 4.41. The SMILES string of the molecule is CSCCNC(=O)c1ccc(C#N)cn1. The molecule has 0 aliphatic carbocycles. The van der Waals surface area contributed by atoms with Gasteiger partial charge in [-0.2, -0.15) is 17.0 Å². The number of aromatic nitrogens is 1. The van der Waals surface area contributed by atoms with Crippen molar-refractivity contribution < 1.29 is 4.79 Å². The van der Waals surface area contributed by atoms with Crippen LogP contribution in [0.4, 0.5) is 0 Å². The second-order valence-corrected chi connectivity index (χ2v) is 3.78. The third-order valence-electron chi connectivity index (χ3n) is 1.72. The molecule has 0 aliphatic rings. The average molecular weight is 221 g/mol. The lowest BCUT2D eigenvalue weighted by molar-refractivity contribution is 0.0951. The van der Waals surface area contributed by atoms with Crippen molar-refractivity contribution in [3.63, 3.8) is 0 Å². The summed E-state index contributed by atoms with van der Waals surface area (Å²) < 4.78 is 0. The summed E-state index contributed by atoms with van der Waals surface area (Å²) in [5.74, 6) is 0.677. The normalized spacial score (nSPS) is 9.33. The predicted molar refractivity (Wildman–Crippen MR) is 59.7 cm³/mol. The van der Waals surface area contributed by atoms with Crippen LogP contribution in [0.15, 0.2) is 18.3 Å². The van der Waals surface area contributed by atoms with Crippen LogP contribution in [0.3, 0.4) is 0 Å². The van der Waals surface area contributed by atoms with E-state index in [1.165, 1.54) is 6.20 Å². The second-order valence-electron chi connectivity index (χ2n) is 2.79. The quantitative estimate of drug-likeness (QED) is 0.772. The van der Waals surface area contributed by atoms with Gasteiger partial charge in [-0.1, -0.05) is 0 Å². The van der Waals surface area contributed by atoms with Crippen LogP contribution in [0.1, 0.15) is 16.1 Å². The van der Waals surface area contributed by atoms with Crippen molar-refractivity contribution in [2.75, 3.05) is 18.6 Å². The number of carbonyl (C=O) groups is 1. The van der Waals surface area contributed by atoms with Crippen molar-refractivity contribution in [3.05, 3.63) is 29.6 Å². The maximum absolute atomic E-state index is 11.5. The molecule has 1 aromatic heterocycles. The molecule has 0 radical (unpaired) electrons. The number of hydrogen-bond acceptors (Lipinski definition) is 4. The first-order valence-corrected chi connectivity index (χ1v) is 5.80. The van der Waals surface area contributed by atoms with E-state index in [-0.39, 0.29) is 5.91 Å². The first kappa shape index (κ1) is 11.5. The van der Waals surface area contributed by atoms with Crippen molar-refractivity contribution in [3.8, 4) is 6.07 Å². The standard InChI is InChI=1S/C10H11N3OS/c1-15-5-4-12-10(14)9-3-2-8(6-11)7-13-9/h2-3,7H,4-5H2,1H3,(H,12,14). The third-order valence-corrected chi connectivity index (χ3v) is 2.33. The lowest BCUT2D eigenvalue weighted by Gasteiger charge is -2.02. The maximum Gasteiger partial charge on any atom is 0.269 e. The highest BCUT2D eigenvalue weighted by atomic mass is 32.2. The number of nitrogens with one attached hydrogen (secondary N) is 1. The maximum atomic E-state index is 11.5. The van der Waals surface area contributed by atoms with Gasteiger partial charge in [0.25, 0.3) is 5.91 Å². The molecule has 0 bridgehead atoms. The zero-order chi connectivity index (χ0) is 11.1. The zero-order valence-electron chi connectivity index (χ0n) is 8.36. The summed E-state index contributed by atoms with van der Waals surface area (Å²) in [6, 6.07) is 5.08. The summed E-state index contributed by atoms with van der Waals surface area (Å²) >= 11 is 1.67. The molecule has 0 spiro atoms. The summed E-state index contributed by atoms with van der Waals surface area (Å²) in [7, 11) is 0. The minimum atomic E-state index is -0.200. The number of nitrogens with zero attached hydrogens (tertiary/aromatic N) is 2. The fraction of sp³-hybridized carbons (Fsp3) is 0.300. The Hall–Kier alpha value is -1.54. The van der Waals surface area contributed by atoms with Crippen molar-refractivity contribution >= 4 is 17.7 Å². The molecule has 0 atom stereocenters. The van der Waals surface area contributed by atoms with Crippen molar-refractivity contribution in [2.45, 2.75) is 0 Å². The van der Waals surface area contributed by atoms with Crippen LogP contribution in [0.2, 0.25) is 0 Å². The van der Waals surface area contributed by atoms with Gasteiger partial charge < -0.3 is 5.32 Å². The van der Waals surface area contributed by atoms with Crippen LogP contribution < -0.4 is 5.32 Å². The molecule has 0 unspecified atom stereocenters. The molecule has 0 aromatic carbocycles. The Morgan fingerprint density at radius 1 is 1.67 bits per heavy atom. The van der Waals surface area contributed by atoms with Gasteiger partial charge >= 0.3 is 0 Å². The van der Waals surface area contributed by atoms with E-state index >= 15 is 0 Å². The topological polar surface area (TPSA) is 65.8 Å². The van der Waals surface area contributed by atoms with Gasteiger partial charge in [-0.25, -0.2) is 4.98 Å². The van der Waals surface area contributed by atoms with Crippen LogP contribution >= 0.6 is 11.8 Å². The molecule has 1 N–H and O–H groups in total. The molecule has 0 aliphatic heterocycles. The molecule has 4 nitrogen and oxygen atoms in total. The monoisotopic (exact) mass is 221 g/mol. The minimum Gasteiger partial charge on any atom is -0.350 e. The van der Waals surface area contributed by atoms with E-state index in [4.69, 9.17) is 5.26 Å². The van der Waals surface area contributed by atoms with Crippen molar-refractivity contribution in [1.82, 2.24) is 10.3 Å². The highest BCUT2D eigenvalue weighted by Gasteiger charge is 2.05. The molecule has 1 aromatic rings. The lowest BCUT2D eigenvalue weighted by Crippen LogP contribution is -2.26. The van der Waals surface area contributed by atoms with Crippen LogP contribution in [-0.2, 0) is 0 Å². The predicted octanol–water partition coefficient (Wildman–Crippen LogP) is 1.05. The second kappa shape index (κ2) is 6.04. The first-order chi connectivity index (χ1) is 7.27. The molecular weight excluding hydrogens is 210 g/mol. The molecule has 15 heavy (non-hydrogen) atoms. The van der Waals surface area contributed by atoms with Crippen LogP contribution in [0, 0.1) is 11.3 Å². The van der Waals surface area contributed by atoms with E-state index in [0.29, 0.717) is 17.8 Å². The number of pyridine rings is 1. The molecule has 5 heteroatoms. The highest BCUT2D eigenvalue weighted by Crippen LogP contribution is 1.98. The van der Waals surface area contributed by atoms with E-state index in [2.05, 4.69) is 10.3 Å². The minimum absolute atomic E-state index is 0.200. The summed E-state index contributed by atoms with van der Waals surface area (Å²) in [5, 5.41) is 11.3. The smallest absolute Gasteiger partial charge is 0.269 e. The van der Waals surface area contributed by atoms with Crippen LogP contribution in [0.25, 0.3) is 0 Å². The van der Waals surface area contributed by atoms with Gasteiger partial charge in [-0.3, -0.25) is 4.79 Å². The van der Waals surface area contributed by atoms with Gasteiger partial charge in [0.1, 0.15) is 11.8 Å². The Bertz CT molecular complexity index is 369. The fourth-order valence-electron chi connectivity index (χ4n) is 0.951. The Kier molecular flexibility index (Phi) is 4.64. The number of nitriles is 1. The van der Waals surface area contributed by atoms with Gasteiger partial charge in [0.15, 0.2) is 0 Å². The average Bonchev–Trinajstić information content (AvgIpc) is 2.29. The fourth-order valence-corrected chi connectivity index (χ4v) is 1.26. The molecular formula is C10H11N3OS. The van der Waals surface area contributed by atoms with E-state index in [1.807, 2.05) is 12.3 Å². The van der Waals surface area contributed by atoms with Crippen molar-refractivity contribution in [2.24, 2.45) is 0 Å². The van der Waals surface area contributed by atoms with Gasteiger partial charge in [0.05, 0.1) is 5.56 Å². The van der Waals surface area contributed by atoms with E-state index in [1.54, 1.807) is 23.9 Å². The Morgan fingerprint density at radius 2 is 2.47 bits per heavy atom. The Balaban J connectivity index is 2.55. The molecule has 1 rings (SSSR count). The molecule has 1 amide bonds. The summed E-state index contributed by atoms with van der Waals surface area (Å²) in [6.45, 7) is 0.627. The summed E-state index contributed by atoms with van der Waals surface area (Å²) in [4.78, 5) is 15.3. The Labute approximate surface area is 92.7 Å². The van der Waals surface area contributed by atoms with E-state index < -0.39 is 0 Å². The number of hydrogen-bond donors (Lipinski definition) is 1. The Morgan fingerprint density at radius 3 is 3.00 bits per heavy atom. The summed E-state index contributed by atoms with van der Waals surface area (Å²) in [5.41, 5.74) is 0.797. The van der Waals surface area contributed by atoms with Gasteiger partial charge in [0.2, 0.25) is 0 Å². The largest absolute Gasteiger partial charge is 0.350 e. The highest BCUT2D eigenvalue weighted by molar-refractivity contribution is 7.98. The van der Waals surface area contributed by atoms with Gasteiger partial charge in [-0.05, 0) is 18.4 Å². The molecule has 0 saturated carbocycles. The number of amides is 1. The molecule has 0 fully saturated rings.